The first-order chi connectivity index (χ1) is 25.4. The maximum absolute atomic E-state index is 11.4. The van der Waals surface area contributed by atoms with Gasteiger partial charge < -0.3 is 16.6 Å². The van der Waals surface area contributed by atoms with Gasteiger partial charge in [0.1, 0.15) is 29.4 Å². The van der Waals surface area contributed by atoms with E-state index < -0.39 is 0 Å². The average molecular weight is 1080 g/mol. The van der Waals surface area contributed by atoms with Crippen molar-refractivity contribution in [2.75, 3.05) is 5.33 Å². The topological polar surface area (TPSA) is 204 Å². The third-order valence-corrected chi connectivity index (χ3v) is 6.84. The molecule has 0 bridgehead atoms. The van der Waals surface area contributed by atoms with E-state index in [0.717, 1.165) is 28.7 Å². The molecule has 6 heterocycles. The fourth-order valence-electron chi connectivity index (χ4n) is 3.53. The summed E-state index contributed by atoms with van der Waals surface area (Å²) in [7, 11) is 0. The summed E-state index contributed by atoms with van der Waals surface area (Å²) in [6, 6.07) is 10.4. The molecular formula is C38H51Br3ClK2N9O6. The van der Waals surface area contributed by atoms with E-state index in [0.29, 0.717) is 27.2 Å². The molecule has 0 fully saturated rings. The number of Topliss-reactive ketones (excluding diaryl/α,β-unsaturated/α-hetero) is 3. The number of nitrogens with one attached hydrogen (secondary N) is 1. The van der Waals surface area contributed by atoms with Gasteiger partial charge in [0, 0.05) is 87.8 Å². The van der Waals surface area contributed by atoms with Crippen molar-refractivity contribution in [2.24, 2.45) is 0 Å². The molecule has 15 nitrogen and oxygen atoms in total. The molecule has 6 aromatic rings. The molecule has 0 saturated carbocycles. The number of H-pyrrole nitrogens is 1. The van der Waals surface area contributed by atoms with Crippen LogP contribution in [0.5, 0.6) is 0 Å². The molecule has 6 aromatic heterocycles. The summed E-state index contributed by atoms with van der Waals surface area (Å²) in [5, 5.41) is 9.16. The molecule has 314 valence electrons. The number of alkyl halides is 1. The van der Waals surface area contributed by atoms with Gasteiger partial charge in [0.15, 0.2) is 17.3 Å². The summed E-state index contributed by atoms with van der Waals surface area (Å²) in [6.45, 7) is 8.63. The standard InChI is InChI=1S/C11H10BrN3O.C11H11N3O.C7H6ClNO.C4H6N2.CH2O3.4CH4.Br2.2K.H/c1-8-6-15(7-14-8)11-3-2-9(5-13-11)10(16)4-12;1-8-6-14(7-13-8)11-4-3-10(5-12-11)9(2)15;1-5(10)6-2-3-7(8)9-4-6;1-4-2-5-3-6-4;2-1-4-3;;;;;1-2;;;/h2-3,5-7H,4H2,1H3;3-7H,1-2H3;2-4H,1H3;2-3H,1H3,(H,5,6);1,3H;4*1H4;;;;/q;;;;;;;;;;2*+1;-1/p-1. The molecule has 0 aliphatic rings. The van der Waals surface area contributed by atoms with Gasteiger partial charge in [-0.15, -0.1) is 0 Å². The Bertz CT molecular complexity index is 1980. The van der Waals surface area contributed by atoms with E-state index in [1.54, 1.807) is 74.0 Å². The normalized spacial score (nSPS) is 8.37. The Morgan fingerprint density at radius 1 is 0.746 bits per heavy atom. The van der Waals surface area contributed by atoms with Gasteiger partial charge >= 0.3 is 103 Å². The third kappa shape index (κ3) is 28.7. The van der Waals surface area contributed by atoms with Gasteiger partial charge in [0.25, 0.3) is 6.47 Å². The third-order valence-electron chi connectivity index (χ3n) is 6.11. The number of pyridine rings is 3. The molecule has 0 saturated heterocycles. The quantitative estimate of drug-likeness (QED) is 0.0465. The van der Waals surface area contributed by atoms with Gasteiger partial charge in [-0.3, -0.25) is 28.3 Å². The fourth-order valence-corrected chi connectivity index (χ4v) is 3.97. The van der Waals surface area contributed by atoms with Crippen LogP contribution in [0.1, 0.15) is 93.1 Å². The van der Waals surface area contributed by atoms with Gasteiger partial charge in [0.05, 0.1) is 23.0 Å². The number of rotatable bonds is 7. The van der Waals surface area contributed by atoms with E-state index in [2.05, 4.69) is 84.0 Å². The molecule has 0 spiro atoms. The largest absolute Gasteiger partial charge is 1.00 e. The van der Waals surface area contributed by atoms with Crippen molar-refractivity contribution in [2.45, 2.75) is 64.3 Å². The van der Waals surface area contributed by atoms with Crippen LogP contribution in [0, 0.1) is 20.8 Å². The van der Waals surface area contributed by atoms with Crippen molar-refractivity contribution in [3.8, 4) is 11.6 Å². The van der Waals surface area contributed by atoms with Crippen LogP contribution >= 0.6 is 55.8 Å². The number of hydrogen-bond donors (Lipinski definition) is 1. The first-order valence-electron chi connectivity index (χ1n) is 14.9. The zero-order valence-electron chi connectivity index (χ0n) is 32.0. The molecule has 0 aromatic carbocycles. The second-order valence-electron chi connectivity index (χ2n) is 10.1. The van der Waals surface area contributed by atoms with Crippen LogP contribution in [0.3, 0.4) is 0 Å². The molecule has 6 rings (SSSR count). The van der Waals surface area contributed by atoms with E-state index in [9.17, 15) is 14.4 Å². The summed E-state index contributed by atoms with van der Waals surface area (Å²) in [4.78, 5) is 71.3. The molecular weight excluding hydrogens is 1030 g/mol. The van der Waals surface area contributed by atoms with E-state index >= 15 is 0 Å². The maximum Gasteiger partial charge on any atom is 1.00 e. The number of halogens is 4. The van der Waals surface area contributed by atoms with E-state index in [1.807, 2.05) is 42.3 Å². The molecule has 0 radical (unpaired) electrons. The van der Waals surface area contributed by atoms with Crippen LogP contribution in [0.4, 0.5) is 0 Å². The number of aromatic nitrogens is 9. The number of nitrogens with zero attached hydrogens (tertiary/aromatic N) is 8. The van der Waals surface area contributed by atoms with Gasteiger partial charge in [-0.2, -0.15) is 0 Å². The van der Waals surface area contributed by atoms with Crippen LogP contribution in [0.25, 0.3) is 11.6 Å². The Morgan fingerprint density at radius 2 is 1.15 bits per heavy atom. The number of carbonyl (C=O) groups excluding carboxylic acids is 4. The van der Waals surface area contributed by atoms with Gasteiger partial charge in [0.2, 0.25) is 0 Å². The Hall–Kier alpha value is -1.48. The minimum Gasteiger partial charge on any atom is -1.00 e. The summed E-state index contributed by atoms with van der Waals surface area (Å²) < 4.78 is 3.64. The maximum atomic E-state index is 11.4. The molecule has 1 N–H and O–H groups in total. The predicted molar refractivity (Wildman–Crippen MR) is 236 cm³/mol. The van der Waals surface area contributed by atoms with Crippen LogP contribution < -0.4 is 108 Å². The van der Waals surface area contributed by atoms with Crippen molar-refractivity contribution in [1.82, 2.24) is 44.0 Å². The number of ketones is 3. The molecule has 0 aliphatic carbocycles. The Labute approximate surface area is 463 Å². The van der Waals surface area contributed by atoms with Crippen LogP contribution in [-0.4, -0.2) is 73.2 Å². The second kappa shape index (κ2) is 40.6. The van der Waals surface area contributed by atoms with E-state index in [1.165, 1.54) is 20.0 Å². The summed E-state index contributed by atoms with van der Waals surface area (Å²) in [5.74, 6) is 1.58. The van der Waals surface area contributed by atoms with Crippen molar-refractivity contribution >= 4 is 79.6 Å². The van der Waals surface area contributed by atoms with E-state index in [-0.39, 0.29) is 158 Å². The molecule has 59 heavy (non-hydrogen) atoms. The SMILES string of the molecule is BrBr.C.C.C.C.CC(=O)c1ccc(-n2cnc(C)c2)nc1.CC(=O)c1ccc(Cl)nc1.Cc1cn(-c2ccc(C(=O)CBr)cn2)cn1.Cc1cnc[nH]1.O=CO[O-].[H-].[K+].[K+]. The first kappa shape index (κ1) is 69.2. The van der Waals surface area contributed by atoms with Crippen molar-refractivity contribution < 1.29 is 134 Å². The molecule has 0 amide bonds. The molecule has 21 heteroatoms. The van der Waals surface area contributed by atoms with Gasteiger partial charge in [-0.1, -0.05) is 57.2 Å². The van der Waals surface area contributed by atoms with Crippen molar-refractivity contribution in [3.05, 3.63) is 131 Å². The molecule has 0 atom stereocenters. The van der Waals surface area contributed by atoms with Crippen molar-refractivity contribution in [1.29, 1.82) is 0 Å². The summed E-state index contributed by atoms with van der Waals surface area (Å²) >= 11 is 14.1. The second-order valence-corrected chi connectivity index (χ2v) is 11.1. The Morgan fingerprint density at radius 3 is 1.39 bits per heavy atom. The minimum absolute atomic E-state index is 0. The van der Waals surface area contributed by atoms with Crippen LogP contribution in [0.2, 0.25) is 5.15 Å². The number of aromatic amines is 1. The fraction of sp³-hybridized carbons (Fsp3) is 0.263. The monoisotopic (exact) mass is 1080 g/mol. The van der Waals surface area contributed by atoms with Gasteiger partial charge in [-0.05, 0) is 71.0 Å². The summed E-state index contributed by atoms with van der Waals surface area (Å²) in [6.07, 6.45) is 15.2. The van der Waals surface area contributed by atoms with E-state index in [4.69, 9.17) is 21.7 Å². The zero-order valence-corrected chi connectivity index (χ0v) is 42.7. The zero-order chi connectivity index (χ0) is 39.8. The Kier molecular flexibility index (Phi) is 47.6. The number of imidazole rings is 3. The minimum atomic E-state index is -0.181. The predicted octanol–water partition coefficient (Wildman–Crippen LogP) is 3.38. The van der Waals surface area contributed by atoms with Crippen molar-refractivity contribution in [3.63, 3.8) is 0 Å². The van der Waals surface area contributed by atoms with Gasteiger partial charge in [-0.25, -0.2) is 29.9 Å². The summed E-state index contributed by atoms with van der Waals surface area (Å²) in [5.41, 5.74) is 4.79. The Balaban J connectivity index is -0.000000119. The van der Waals surface area contributed by atoms with Crippen LogP contribution in [-0.2, 0) is 9.68 Å². The average Bonchev–Trinajstić information content (AvgIpc) is 3.96. The molecule has 0 unspecified atom stereocenters. The van der Waals surface area contributed by atoms with Crippen LogP contribution in [0.15, 0.2) is 92.6 Å². The smallest absolute Gasteiger partial charge is 1.00 e. The number of hydrogen-bond acceptors (Lipinski definition) is 12. The molecule has 0 aliphatic heterocycles. The first-order valence-corrected chi connectivity index (χ1v) is 20.1. The number of aryl methyl sites for hydroxylation is 3. The number of carbonyl (C=O) groups is 4.